The zero-order chi connectivity index (χ0) is 13.1. The first-order valence-electron chi connectivity index (χ1n) is 6.53. The highest BCUT2D eigenvalue weighted by Crippen LogP contribution is 2.25. The van der Waals surface area contributed by atoms with Crippen LogP contribution in [-0.2, 0) is 9.59 Å². The van der Waals surface area contributed by atoms with Crippen LogP contribution in [0.1, 0.15) is 32.1 Å². The third-order valence-corrected chi connectivity index (χ3v) is 3.88. The summed E-state index contributed by atoms with van der Waals surface area (Å²) in [6.07, 6.45) is 7.22. The van der Waals surface area contributed by atoms with Gasteiger partial charge in [-0.05, 0) is 32.1 Å². The summed E-state index contributed by atoms with van der Waals surface area (Å²) in [6, 6.07) is 0.113. The average molecular weight is 252 g/mol. The van der Waals surface area contributed by atoms with Crippen molar-refractivity contribution < 1.29 is 14.7 Å². The van der Waals surface area contributed by atoms with Crippen LogP contribution in [0.5, 0.6) is 0 Å². The Bertz CT molecular complexity index is 359. The van der Waals surface area contributed by atoms with Gasteiger partial charge in [0.25, 0.3) is 0 Å². The van der Waals surface area contributed by atoms with Crippen LogP contribution in [0.15, 0.2) is 12.2 Å². The van der Waals surface area contributed by atoms with E-state index in [-0.39, 0.29) is 29.8 Å². The molecule has 0 heterocycles. The van der Waals surface area contributed by atoms with E-state index in [1.165, 1.54) is 0 Å². The fourth-order valence-corrected chi connectivity index (χ4v) is 2.71. The number of carboxylic acid groups (broad SMARTS) is 1. The van der Waals surface area contributed by atoms with Crippen LogP contribution in [0, 0.1) is 11.8 Å². The lowest BCUT2D eigenvalue weighted by molar-refractivity contribution is -0.142. The zero-order valence-electron chi connectivity index (χ0n) is 10.3. The quantitative estimate of drug-likeness (QED) is 0.643. The van der Waals surface area contributed by atoms with Crippen molar-refractivity contribution in [2.24, 2.45) is 17.6 Å². The highest BCUT2D eigenvalue weighted by atomic mass is 16.4. The van der Waals surface area contributed by atoms with Crippen LogP contribution in [0.4, 0.5) is 0 Å². The van der Waals surface area contributed by atoms with Crippen LogP contribution >= 0.6 is 0 Å². The van der Waals surface area contributed by atoms with E-state index in [9.17, 15) is 9.59 Å². The molecule has 0 aromatic heterocycles. The van der Waals surface area contributed by atoms with Crippen molar-refractivity contribution >= 4 is 11.9 Å². The number of carboxylic acids is 1. The van der Waals surface area contributed by atoms with Crippen molar-refractivity contribution in [2.45, 2.75) is 44.2 Å². The van der Waals surface area contributed by atoms with Gasteiger partial charge in [-0.2, -0.15) is 0 Å². The Morgan fingerprint density at radius 1 is 1.17 bits per heavy atom. The maximum atomic E-state index is 11.9. The van der Waals surface area contributed by atoms with E-state index in [0.717, 1.165) is 12.8 Å². The van der Waals surface area contributed by atoms with E-state index < -0.39 is 5.97 Å². The largest absolute Gasteiger partial charge is 0.481 e. The van der Waals surface area contributed by atoms with E-state index in [1.807, 2.05) is 12.2 Å². The molecule has 2 atom stereocenters. The molecule has 100 valence electrons. The normalized spacial score (nSPS) is 35.4. The molecule has 0 spiro atoms. The molecule has 2 aliphatic carbocycles. The summed E-state index contributed by atoms with van der Waals surface area (Å²) in [4.78, 5) is 22.8. The minimum atomic E-state index is -0.718. The van der Waals surface area contributed by atoms with E-state index in [1.54, 1.807) is 0 Å². The number of hydrogen-bond donors (Lipinski definition) is 3. The first-order valence-corrected chi connectivity index (χ1v) is 6.53. The summed E-state index contributed by atoms with van der Waals surface area (Å²) in [5.74, 6) is -1.04. The van der Waals surface area contributed by atoms with Gasteiger partial charge in [-0.25, -0.2) is 0 Å². The Morgan fingerprint density at radius 2 is 1.83 bits per heavy atom. The smallest absolute Gasteiger partial charge is 0.306 e. The second kappa shape index (κ2) is 5.52. The van der Waals surface area contributed by atoms with Crippen molar-refractivity contribution in [2.75, 3.05) is 0 Å². The van der Waals surface area contributed by atoms with Gasteiger partial charge in [0.15, 0.2) is 0 Å². The van der Waals surface area contributed by atoms with E-state index in [0.29, 0.717) is 19.3 Å². The molecule has 1 amide bonds. The lowest BCUT2D eigenvalue weighted by Gasteiger charge is -2.27. The molecule has 0 aromatic carbocycles. The molecule has 5 heteroatoms. The number of amides is 1. The first kappa shape index (κ1) is 13.1. The van der Waals surface area contributed by atoms with E-state index in [4.69, 9.17) is 10.8 Å². The van der Waals surface area contributed by atoms with Crippen molar-refractivity contribution in [3.05, 3.63) is 12.2 Å². The number of hydrogen-bond acceptors (Lipinski definition) is 3. The standard InChI is InChI=1S/C13H20N2O3/c14-10-4-1-9(7-10)12(16)15-11-5-2-8(3-6-11)13(17)18/h1,4,8-11H,2-3,5-7,14H2,(H,15,16)(H,17,18). The Kier molecular flexibility index (Phi) is 4.01. The maximum Gasteiger partial charge on any atom is 0.306 e. The number of aliphatic carboxylic acids is 1. The number of rotatable bonds is 3. The number of carbonyl (C=O) groups excluding carboxylic acids is 1. The first-order chi connectivity index (χ1) is 8.56. The third-order valence-electron chi connectivity index (χ3n) is 3.88. The molecular formula is C13H20N2O3. The van der Waals surface area contributed by atoms with Gasteiger partial charge in [0, 0.05) is 12.1 Å². The average Bonchev–Trinajstić information content (AvgIpc) is 2.76. The highest BCUT2D eigenvalue weighted by molar-refractivity contribution is 5.81. The Labute approximate surface area is 106 Å². The molecule has 5 nitrogen and oxygen atoms in total. The number of carbonyl (C=O) groups is 2. The summed E-state index contributed by atoms with van der Waals surface area (Å²) in [6.45, 7) is 0. The molecule has 0 bridgehead atoms. The summed E-state index contributed by atoms with van der Waals surface area (Å²) >= 11 is 0. The minimum absolute atomic E-state index is 0.0107. The van der Waals surface area contributed by atoms with Crippen molar-refractivity contribution in [1.82, 2.24) is 5.32 Å². The van der Waals surface area contributed by atoms with Gasteiger partial charge in [0.05, 0.1) is 11.8 Å². The van der Waals surface area contributed by atoms with Gasteiger partial charge < -0.3 is 16.2 Å². The molecule has 0 saturated heterocycles. The van der Waals surface area contributed by atoms with E-state index >= 15 is 0 Å². The predicted molar refractivity (Wildman–Crippen MR) is 66.7 cm³/mol. The number of nitrogens with one attached hydrogen (secondary N) is 1. The van der Waals surface area contributed by atoms with Crippen molar-refractivity contribution in [3.8, 4) is 0 Å². The lowest BCUT2D eigenvalue weighted by atomic mass is 9.86. The lowest BCUT2D eigenvalue weighted by Crippen LogP contribution is -2.41. The van der Waals surface area contributed by atoms with E-state index in [2.05, 4.69) is 5.32 Å². The van der Waals surface area contributed by atoms with Gasteiger partial charge in [-0.15, -0.1) is 0 Å². The monoisotopic (exact) mass is 252 g/mol. The van der Waals surface area contributed by atoms with Gasteiger partial charge >= 0.3 is 5.97 Å². The fraction of sp³-hybridized carbons (Fsp3) is 0.692. The molecule has 4 N–H and O–H groups in total. The van der Waals surface area contributed by atoms with Gasteiger partial charge in [-0.3, -0.25) is 9.59 Å². The summed E-state index contributed by atoms with van der Waals surface area (Å²) in [5.41, 5.74) is 5.72. The van der Waals surface area contributed by atoms with Crippen LogP contribution in [0.3, 0.4) is 0 Å². The molecule has 0 aromatic rings. The Morgan fingerprint density at radius 3 is 2.33 bits per heavy atom. The molecule has 2 unspecified atom stereocenters. The molecule has 18 heavy (non-hydrogen) atoms. The van der Waals surface area contributed by atoms with Gasteiger partial charge in [-0.1, -0.05) is 12.2 Å². The molecule has 0 aliphatic heterocycles. The second-order valence-electron chi connectivity index (χ2n) is 5.29. The van der Waals surface area contributed by atoms with Crippen LogP contribution in [0.2, 0.25) is 0 Å². The second-order valence-corrected chi connectivity index (χ2v) is 5.29. The SMILES string of the molecule is NC1C=CC(C(=O)NC2CCC(C(=O)O)CC2)C1. The zero-order valence-corrected chi connectivity index (χ0v) is 10.3. The molecule has 2 rings (SSSR count). The summed E-state index contributed by atoms with van der Waals surface area (Å²) < 4.78 is 0. The van der Waals surface area contributed by atoms with Crippen molar-refractivity contribution in [3.63, 3.8) is 0 Å². The topological polar surface area (TPSA) is 92.4 Å². The summed E-state index contributed by atoms with van der Waals surface area (Å²) in [5, 5.41) is 11.9. The molecular weight excluding hydrogens is 232 g/mol. The molecule has 1 fully saturated rings. The van der Waals surface area contributed by atoms with Crippen molar-refractivity contribution in [1.29, 1.82) is 0 Å². The number of nitrogens with two attached hydrogens (primary N) is 1. The van der Waals surface area contributed by atoms with Crippen LogP contribution in [-0.4, -0.2) is 29.1 Å². The van der Waals surface area contributed by atoms with Gasteiger partial charge in [0.1, 0.15) is 0 Å². The third kappa shape index (κ3) is 3.10. The Hall–Kier alpha value is -1.36. The molecule has 2 aliphatic rings. The van der Waals surface area contributed by atoms with Gasteiger partial charge in [0.2, 0.25) is 5.91 Å². The predicted octanol–water partition coefficient (Wildman–Crippen LogP) is 0.649. The molecule has 0 radical (unpaired) electrons. The molecule has 1 saturated carbocycles. The van der Waals surface area contributed by atoms with Crippen LogP contribution < -0.4 is 11.1 Å². The van der Waals surface area contributed by atoms with Crippen LogP contribution in [0.25, 0.3) is 0 Å². The Balaban J connectivity index is 1.76. The summed E-state index contributed by atoms with van der Waals surface area (Å²) in [7, 11) is 0. The fourth-order valence-electron chi connectivity index (χ4n) is 2.71. The highest BCUT2D eigenvalue weighted by Gasteiger charge is 2.29. The maximum absolute atomic E-state index is 11.9. The minimum Gasteiger partial charge on any atom is -0.481 e.